The second-order valence-corrected chi connectivity index (χ2v) is 24.5. The van der Waals surface area contributed by atoms with Gasteiger partial charge >= 0.3 is 0 Å². The van der Waals surface area contributed by atoms with Crippen LogP contribution < -0.4 is 19.1 Å². The molecule has 0 bridgehead atoms. The van der Waals surface area contributed by atoms with Crippen LogP contribution in [0.4, 0.5) is 0 Å². The summed E-state index contributed by atoms with van der Waals surface area (Å²) in [5, 5.41) is 6.17. The zero-order chi connectivity index (χ0) is 52.0. The van der Waals surface area contributed by atoms with Crippen LogP contribution in [0.3, 0.4) is 0 Å². The zero-order valence-electron chi connectivity index (χ0n) is 45.3. The number of allylic oxidation sites excluding steroid dienone is 9. The highest BCUT2D eigenvalue weighted by Crippen LogP contribution is 2.53. The van der Waals surface area contributed by atoms with Gasteiger partial charge in [-0.25, -0.2) is 0 Å². The summed E-state index contributed by atoms with van der Waals surface area (Å²) in [4.78, 5) is 0. The average molecular weight is 1030 g/mol. The number of hydrogen-bond acceptors (Lipinski definition) is 3. The van der Waals surface area contributed by atoms with Crippen LogP contribution in [-0.2, 0) is 19.3 Å². The van der Waals surface area contributed by atoms with E-state index in [1.165, 1.54) is 113 Å². The maximum atomic E-state index is 7.40. The molecule has 0 spiro atoms. The van der Waals surface area contributed by atoms with Crippen molar-refractivity contribution >= 4 is 55.3 Å². The van der Waals surface area contributed by atoms with E-state index in [9.17, 15) is 0 Å². The highest BCUT2D eigenvalue weighted by atomic mass is 31.1. The summed E-state index contributed by atoms with van der Waals surface area (Å²) in [6, 6.07) is 40.6. The van der Waals surface area contributed by atoms with Crippen LogP contribution in [0.2, 0.25) is 0 Å². The SMILES string of the molecule is C=C/C=C\c1c(CC)ccc(C(C)CC)c1-c1c(OP(C)C2C=CC=C(CCc3cccc(P(C)Oc4cc(C)c5c(c4-c4c(C6CCC6)ccc6ccccc46)CC=CC=C5)c3OC)CC2)ccc2ccccc12. The van der Waals surface area contributed by atoms with E-state index >= 15 is 0 Å². The zero-order valence-corrected chi connectivity index (χ0v) is 47.1. The minimum atomic E-state index is -1.10. The molecule has 5 heteroatoms. The molecule has 1 saturated carbocycles. The Morgan fingerprint density at radius 2 is 1.52 bits per heavy atom. The number of rotatable bonds is 18. The van der Waals surface area contributed by atoms with Gasteiger partial charge in [-0.3, -0.25) is 0 Å². The number of aryl methyl sites for hydroxylation is 3. The Hall–Kier alpha value is -6.24. The highest BCUT2D eigenvalue weighted by molar-refractivity contribution is 7.60. The Labute approximate surface area is 450 Å². The molecular formula is C70H74O3P2. The van der Waals surface area contributed by atoms with Crippen LogP contribution in [-0.4, -0.2) is 26.1 Å². The van der Waals surface area contributed by atoms with Crippen LogP contribution in [0, 0.1) is 6.92 Å². The predicted molar refractivity (Wildman–Crippen MR) is 327 cm³/mol. The van der Waals surface area contributed by atoms with Gasteiger partial charge < -0.3 is 13.8 Å². The quantitative estimate of drug-likeness (QED) is 0.0633. The lowest BCUT2D eigenvalue weighted by Crippen LogP contribution is -2.13. The van der Waals surface area contributed by atoms with Gasteiger partial charge in [-0.1, -0.05) is 191 Å². The van der Waals surface area contributed by atoms with Crippen molar-refractivity contribution < 1.29 is 13.8 Å². The summed E-state index contributed by atoms with van der Waals surface area (Å²) in [5.74, 6) is 3.85. The number of ether oxygens (including phenoxy) is 1. The van der Waals surface area contributed by atoms with Crippen molar-refractivity contribution in [1.29, 1.82) is 0 Å². The van der Waals surface area contributed by atoms with Gasteiger partial charge in [-0.05, 0) is 185 Å². The van der Waals surface area contributed by atoms with E-state index < -0.39 is 16.3 Å². The van der Waals surface area contributed by atoms with E-state index in [0.29, 0.717) is 17.5 Å². The molecule has 0 radical (unpaired) electrons. The molecule has 3 aliphatic rings. The summed E-state index contributed by atoms with van der Waals surface area (Å²) in [7, 11) is -0.130. The Morgan fingerprint density at radius 3 is 2.25 bits per heavy atom. The molecule has 7 aromatic carbocycles. The molecule has 0 N–H and O–H groups in total. The summed E-state index contributed by atoms with van der Waals surface area (Å²) in [5.41, 5.74) is 17.4. The topological polar surface area (TPSA) is 27.7 Å². The van der Waals surface area contributed by atoms with Gasteiger partial charge in [-0.2, -0.15) is 0 Å². The monoisotopic (exact) mass is 1020 g/mol. The molecule has 75 heavy (non-hydrogen) atoms. The molecule has 3 nitrogen and oxygen atoms in total. The van der Waals surface area contributed by atoms with Gasteiger partial charge in [0.25, 0.3) is 0 Å². The predicted octanol–water partition coefficient (Wildman–Crippen LogP) is 19.7. The summed E-state index contributed by atoms with van der Waals surface area (Å²) in [6.07, 6.45) is 32.8. The van der Waals surface area contributed by atoms with E-state index in [4.69, 9.17) is 13.8 Å². The van der Waals surface area contributed by atoms with Gasteiger partial charge in [0.2, 0.25) is 0 Å². The molecule has 382 valence electrons. The fraction of sp³-hybridized carbons (Fsp3) is 0.286. The molecule has 3 aliphatic carbocycles. The summed E-state index contributed by atoms with van der Waals surface area (Å²) < 4.78 is 21.1. The molecular weight excluding hydrogens is 951 g/mol. The van der Waals surface area contributed by atoms with Crippen molar-refractivity contribution in [2.45, 2.75) is 109 Å². The van der Waals surface area contributed by atoms with E-state index in [1.807, 2.05) is 13.2 Å². The highest BCUT2D eigenvalue weighted by Gasteiger charge is 2.30. The third kappa shape index (κ3) is 10.8. The maximum absolute atomic E-state index is 7.40. The lowest BCUT2D eigenvalue weighted by atomic mass is 9.74. The standard InChI is InChI=1S/C70H74O3P2/c1-9-12-30-58-50(11-3)39-43-57(47(4)10-2)66(58)68-60-33-19-17-25-53(60)41-45-63(68)72-74(7)55-29-20-23-49(37-42-55)36-38-54-28-22-35-65(70(54)71-6)75(8)73-64-46-48(5)56-31-14-13-15-34-62(56)69(64)67-59-32-18-16-24-52(59)40-44-61(67)51-26-21-27-51/h9,12-20,22-25,28-33,35,39-41,43-47,51,55H,1,10-11,21,26-27,34,36-38,42H2,2-8H3/b30-12-. The van der Waals surface area contributed by atoms with E-state index in [0.717, 1.165) is 67.5 Å². The minimum Gasteiger partial charge on any atom is -0.496 e. The third-order valence-electron chi connectivity index (χ3n) is 16.4. The van der Waals surface area contributed by atoms with Crippen LogP contribution in [0.1, 0.15) is 122 Å². The van der Waals surface area contributed by atoms with Gasteiger partial charge in [0, 0.05) is 16.8 Å². The summed E-state index contributed by atoms with van der Waals surface area (Å²) in [6.45, 7) is 17.8. The first kappa shape index (κ1) is 52.2. The number of hydrogen-bond donors (Lipinski definition) is 0. The largest absolute Gasteiger partial charge is 0.496 e. The normalized spacial score (nSPS) is 16.7. The lowest BCUT2D eigenvalue weighted by molar-refractivity contribution is 0.412. The van der Waals surface area contributed by atoms with Crippen LogP contribution in [0.5, 0.6) is 17.2 Å². The molecule has 0 amide bonds. The first-order valence-corrected chi connectivity index (χ1v) is 31.0. The maximum Gasteiger partial charge on any atom is 0.133 e. The second kappa shape index (κ2) is 23.8. The molecule has 0 aliphatic heterocycles. The fourth-order valence-corrected chi connectivity index (χ4v) is 14.6. The first-order chi connectivity index (χ1) is 36.7. The average Bonchev–Trinajstić information content (AvgIpc) is 3.83. The second-order valence-electron chi connectivity index (χ2n) is 20.9. The third-order valence-corrected chi connectivity index (χ3v) is 19.7. The van der Waals surface area contributed by atoms with Gasteiger partial charge in [-0.15, -0.1) is 0 Å². The molecule has 0 saturated heterocycles. The Balaban J connectivity index is 0.889. The van der Waals surface area contributed by atoms with E-state index in [2.05, 4.69) is 211 Å². The van der Waals surface area contributed by atoms with Crippen molar-refractivity contribution in [2.75, 3.05) is 20.4 Å². The van der Waals surface area contributed by atoms with Crippen molar-refractivity contribution in [1.82, 2.24) is 0 Å². The Kier molecular flexibility index (Phi) is 16.5. The van der Waals surface area contributed by atoms with Gasteiger partial charge in [0.1, 0.15) is 25.4 Å². The molecule has 10 rings (SSSR count). The van der Waals surface area contributed by atoms with Crippen molar-refractivity contribution in [3.8, 4) is 39.5 Å². The van der Waals surface area contributed by atoms with Crippen LogP contribution in [0.15, 0.2) is 170 Å². The van der Waals surface area contributed by atoms with Crippen molar-refractivity contribution in [3.05, 3.63) is 214 Å². The van der Waals surface area contributed by atoms with Gasteiger partial charge in [0.15, 0.2) is 0 Å². The van der Waals surface area contributed by atoms with Gasteiger partial charge in [0.05, 0.1) is 20.6 Å². The first-order valence-electron chi connectivity index (χ1n) is 27.5. The number of fused-ring (bicyclic) bond motifs is 3. The number of benzene rings is 7. The Bertz CT molecular complexity index is 3400. The fourth-order valence-electron chi connectivity index (χ4n) is 11.8. The molecule has 7 aromatic rings. The van der Waals surface area contributed by atoms with Crippen LogP contribution >= 0.6 is 16.3 Å². The number of methoxy groups -OCH3 is 1. The number of para-hydroxylation sites is 1. The van der Waals surface area contributed by atoms with Crippen LogP contribution in [0.25, 0.3) is 56.0 Å². The summed E-state index contributed by atoms with van der Waals surface area (Å²) >= 11 is 0. The lowest BCUT2D eigenvalue weighted by Gasteiger charge is -2.31. The smallest absolute Gasteiger partial charge is 0.133 e. The Morgan fingerprint density at radius 1 is 0.747 bits per heavy atom. The molecule has 0 heterocycles. The molecule has 1 fully saturated rings. The molecule has 4 atom stereocenters. The van der Waals surface area contributed by atoms with Crippen molar-refractivity contribution in [3.63, 3.8) is 0 Å². The minimum absolute atomic E-state index is 0.315. The van der Waals surface area contributed by atoms with E-state index in [-0.39, 0.29) is 0 Å². The molecule has 4 unspecified atom stereocenters. The van der Waals surface area contributed by atoms with E-state index in [1.54, 1.807) is 0 Å². The van der Waals surface area contributed by atoms with Crippen molar-refractivity contribution in [2.24, 2.45) is 0 Å². The molecule has 0 aromatic heterocycles.